The lowest BCUT2D eigenvalue weighted by Crippen LogP contribution is -2.43. The van der Waals surface area contributed by atoms with E-state index in [1.807, 2.05) is 27.7 Å². The van der Waals surface area contributed by atoms with Gasteiger partial charge in [0.2, 0.25) is 5.91 Å². The molecule has 0 saturated carbocycles. The highest BCUT2D eigenvalue weighted by molar-refractivity contribution is 5.81. The summed E-state index contributed by atoms with van der Waals surface area (Å²) in [7, 11) is 0. The van der Waals surface area contributed by atoms with E-state index in [0.717, 1.165) is 36.4 Å². The first-order valence-electron chi connectivity index (χ1n) is 6.93. The Morgan fingerprint density at radius 2 is 2.05 bits per heavy atom. The zero-order chi connectivity index (χ0) is 14.4. The molecule has 0 radical (unpaired) electrons. The van der Waals surface area contributed by atoms with E-state index in [1.165, 1.54) is 0 Å². The molecule has 5 nitrogen and oxygen atoms in total. The Morgan fingerprint density at radius 1 is 1.37 bits per heavy atom. The van der Waals surface area contributed by atoms with Crippen LogP contribution in [-0.4, -0.2) is 23.7 Å². The molecule has 1 amide bonds. The number of nitrogens with one attached hydrogen (secondary N) is 2. The normalized spacial score (nSPS) is 14.2. The van der Waals surface area contributed by atoms with Crippen molar-refractivity contribution in [2.45, 2.75) is 59.5 Å². The highest BCUT2D eigenvalue weighted by Gasteiger charge is 2.20. The molecule has 108 valence electrons. The highest BCUT2D eigenvalue weighted by atomic mass is 16.5. The molecule has 0 bridgehead atoms. The molecule has 0 aliphatic rings. The summed E-state index contributed by atoms with van der Waals surface area (Å²) in [4.78, 5) is 11.9. The lowest BCUT2D eigenvalue weighted by molar-refractivity contribution is -0.122. The lowest BCUT2D eigenvalue weighted by Gasteiger charge is -2.19. The van der Waals surface area contributed by atoms with Crippen LogP contribution in [0.5, 0.6) is 0 Å². The van der Waals surface area contributed by atoms with Crippen LogP contribution in [-0.2, 0) is 4.79 Å². The van der Waals surface area contributed by atoms with Gasteiger partial charge in [0, 0.05) is 18.2 Å². The number of hydrogen-bond donors (Lipinski definition) is 2. The first-order valence-corrected chi connectivity index (χ1v) is 6.93. The Morgan fingerprint density at radius 3 is 2.58 bits per heavy atom. The van der Waals surface area contributed by atoms with Gasteiger partial charge >= 0.3 is 0 Å². The van der Waals surface area contributed by atoms with Crippen molar-refractivity contribution in [3.63, 3.8) is 0 Å². The zero-order valence-electron chi connectivity index (χ0n) is 12.5. The second-order valence-electron chi connectivity index (χ2n) is 4.99. The highest BCUT2D eigenvalue weighted by Crippen LogP contribution is 2.21. The van der Waals surface area contributed by atoms with Crippen molar-refractivity contribution in [2.24, 2.45) is 0 Å². The number of amides is 1. The standard InChI is InChI=1S/C14H25N3O2/c1-6-7-8-15-14(18)11(4)16-9(2)13-10(3)17-19-12(13)5/h9,11,16H,6-8H2,1-5H3,(H,15,18). The van der Waals surface area contributed by atoms with Crippen molar-refractivity contribution >= 4 is 5.91 Å². The zero-order valence-corrected chi connectivity index (χ0v) is 12.5. The number of aryl methyl sites for hydroxylation is 2. The van der Waals surface area contributed by atoms with Crippen molar-refractivity contribution in [1.82, 2.24) is 15.8 Å². The van der Waals surface area contributed by atoms with Crippen LogP contribution in [0.1, 0.15) is 56.7 Å². The third-order valence-electron chi connectivity index (χ3n) is 3.24. The Kier molecular flexibility index (Phi) is 6.02. The van der Waals surface area contributed by atoms with Gasteiger partial charge < -0.3 is 9.84 Å². The summed E-state index contributed by atoms with van der Waals surface area (Å²) in [6.07, 6.45) is 2.09. The number of unbranched alkanes of at least 4 members (excludes halogenated alkanes) is 1. The predicted octanol–water partition coefficient (Wildman–Crippen LogP) is 2.25. The van der Waals surface area contributed by atoms with Crippen molar-refractivity contribution in [3.8, 4) is 0 Å². The summed E-state index contributed by atoms with van der Waals surface area (Å²) in [6, 6.07) is -0.196. The van der Waals surface area contributed by atoms with Crippen LogP contribution >= 0.6 is 0 Å². The average Bonchev–Trinajstić information content (AvgIpc) is 2.69. The van der Waals surface area contributed by atoms with Crippen molar-refractivity contribution in [2.75, 3.05) is 6.54 Å². The maximum absolute atomic E-state index is 11.9. The van der Waals surface area contributed by atoms with Gasteiger partial charge in [0.15, 0.2) is 0 Å². The predicted molar refractivity (Wildman–Crippen MR) is 74.9 cm³/mol. The van der Waals surface area contributed by atoms with Crippen LogP contribution in [0.2, 0.25) is 0 Å². The number of hydrogen-bond acceptors (Lipinski definition) is 4. The molecule has 0 aliphatic carbocycles. The van der Waals surface area contributed by atoms with Gasteiger partial charge in [-0.3, -0.25) is 10.1 Å². The number of rotatable bonds is 7. The molecule has 5 heteroatoms. The second kappa shape index (κ2) is 7.28. The molecule has 1 rings (SSSR count). The van der Waals surface area contributed by atoms with Gasteiger partial charge in [0.05, 0.1) is 11.7 Å². The number of aromatic nitrogens is 1. The van der Waals surface area contributed by atoms with Gasteiger partial charge in [-0.15, -0.1) is 0 Å². The largest absolute Gasteiger partial charge is 0.361 e. The molecule has 1 aromatic rings. The van der Waals surface area contributed by atoms with Gasteiger partial charge in [0.25, 0.3) is 0 Å². The third-order valence-corrected chi connectivity index (χ3v) is 3.24. The first-order chi connectivity index (χ1) is 8.97. The SMILES string of the molecule is CCCCNC(=O)C(C)NC(C)c1c(C)noc1C. The molecule has 0 fully saturated rings. The number of nitrogens with zero attached hydrogens (tertiary/aromatic N) is 1. The van der Waals surface area contributed by atoms with Gasteiger partial charge in [-0.05, 0) is 34.1 Å². The van der Waals surface area contributed by atoms with E-state index in [0.29, 0.717) is 0 Å². The number of carbonyl (C=O) groups is 1. The topological polar surface area (TPSA) is 67.2 Å². The summed E-state index contributed by atoms with van der Waals surface area (Å²) in [5.74, 6) is 0.836. The van der Waals surface area contributed by atoms with E-state index in [2.05, 4.69) is 22.7 Å². The fourth-order valence-electron chi connectivity index (χ4n) is 2.18. The molecule has 1 aromatic heterocycles. The van der Waals surface area contributed by atoms with Gasteiger partial charge in [-0.2, -0.15) is 0 Å². The molecule has 2 N–H and O–H groups in total. The molecule has 2 atom stereocenters. The molecule has 2 unspecified atom stereocenters. The summed E-state index contributed by atoms with van der Waals surface area (Å²) in [6.45, 7) is 10.5. The van der Waals surface area contributed by atoms with Crippen molar-refractivity contribution < 1.29 is 9.32 Å². The lowest BCUT2D eigenvalue weighted by atomic mass is 10.1. The Balaban J connectivity index is 2.52. The summed E-state index contributed by atoms with van der Waals surface area (Å²) in [5.41, 5.74) is 1.91. The van der Waals surface area contributed by atoms with E-state index < -0.39 is 0 Å². The maximum atomic E-state index is 11.9. The van der Waals surface area contributed by atoms with Crippen LogP contribution in [0.4, 0.5) is 0 Å². The monoisotopic (exact) mass is 267 g/mol. The van der Waals surface area contributed by atoms with Crippen LogP contribution in [0.25, 0.3) is 0 Å². The van der Waals surface area contributed by atoms with Crippen LogP contribution in [0.3, 0.4) is 0 Å². The average molecular weight is 267 g/mol. The molecular formula is C14H25N3O2. The van der Waals surface area contributed by atoms with E-state index in [-0.39, 0.29) is 18.0 Å². The Labute approximate surface area is 115 Å². The number of carbonyl (C=O) groups excluding carboxylic acids is 1. The molecule has 0 spiro atoms. The fraction of sp³-hybridized carbons (Fsp3) is 0.714. The summed E-state index contributed by atoms with van der Waals surface area (Å²) >= 11 is 0. The van der Waals surface area contributed by atoms with Gasteiger partial charge in [0.1, 0.15) is 5.76 Å². The molecule has 19 heavy (non-hydrogen) atoms. The van der Waals surface area contributed by atoms with E-state index in [9.17, 15) is 4.79 Å². The molecule has 1 heterocycles. The minimum Gasteiger partial charge on any atom is -0.361 e. The fourth-order valence-corrected chi connectivity index (χ4v) is 2.18. The van der Waals surface area contributed by atoms with Crippen LogP contribution < -0.4 is 10.6 Å². The molecule has 0 saturated heterocycles. The minimum absolute atomic E-state index is 0.0343. The van der Waals surface area contributed by atoms with Crippen LogP contribution in [0.15, 0.2) is 4.52 Å². The minimum atomic E-state index is -0.236. The third kappa shape index (κ3) is 4.35. The van der Waals surface area contributed by atoms with E-state index >= 15 is 0 Å². The molecular weight excluding hydrogens is 242 g/mol. The maximum Gasteiger partial charge on any atom is 0.236 e. The summed E-state index contributed by atoms with van der Waals surface area (Å²) in [5, 5.41) is 10.1. The van der Waals surface area contributed by atoms with E-state index in [1.54, 1.807) is 0 Å². The van der Waals surface area contributed by atoms with Crippen molar-refractivity contribution in [1.29, 1.82) is 0 Å². The first kappa shape index (κ1) is 15.7. The van der Waals surface area contributed by atoms with Crippen LogP contribution in [0, 0.1) is 13.8 Å². The Hall–Kier alpha value is -1.36. The van der Waals surface area contributed by atoms with E-state index in [4.69, 9.17) is 4.52 Å². The van der Waals surface area contributed by atoms with Crippen molar-refractivity contribution in [3.05, 3.63) is 17.0 Å². The smallest absolute Gasteiger partial charge is 0.236 e. The molecule has 0 aliphatic heterocycles. The van der Waals surface area contributed by atoms with Gasteiger partial charge in [-0.1, -0.05) is 18.5 Å². The summed E-state index contributed by atoms with van der Waals surface area (Å²) < 4.78 is 5.15. The second-order valence-corrected chi connectivity index (χ2v) is 4.99. The van der Waals surface area contributed by atoms with Gasteiger partial charge in [-0.25, -0.2) is 0 Å². The molecule has 0 aromatic carbocycles. The quantitative estimate of drug-likeness (QED) is 0.744. The Bertz CT molecular complexity index is 395.